The SMILES string of the molecule is O=C(CSc1nc2c(c(C(F)(F)F)n1)CCc1ccccc1-2)Nc1ccc(Br)cc1. The summed E-state index contributed by atoms with van der Waals surface area (Å²) in [6.07, 6.45) is -3.85. The highest BCUT2D eigenvalue weighted by atomic mass is 79.9. The van der Waals surface area contributed by atoms with Crippen molar-refractivity contribution in [3.05, 3.63) is 69.8 Å². The van der Waals surface area contributed by atoms with Crippen LogP contribution in [0.15, 0.2) is 58.2 Å². The van der Waals surface area contributed by atoms with Crippen LogP contribution in [-0.2, 0) is 23.8 Å². The summed E-state index contributed by atoms with van der Waals surface area (Å²) in [7, 11) is 0. The number of hydrogen-bond acceptors (Lipinski definition) is 4. The predicted octanol–water partition coefficient (Wildman–Crippen LogP) is 5.75. The van der Waals surface area contributed by atoms with Gasteiger partial charge in [-0.2, -0.15) is 13.2 Å². The number of anilines is 1. The highest BCUT2D eigenvalue weighted by Gasteiger charge is 2.38. The fraction of sp³-hybridized carbons (Fsp3) is 0.190. The topological polar surface area (TPSA) is 54.9 Å². The molecule has 9 heteroatoms. The van der Waals surface area contributed by atoms with E-state index in [9.17, 15) is 18.0 Å². The molecule has 154 valence electrons. The van der Waals surface area contributed by atoms with Crippen LogP contribution < -0.4 is 5.32 Å². The van der Waals surface area contributed by atoms with Crippen LogP contribution in [0.5, 0.6) is 0 Å². The number of amides is 1. The van der Waals surface area contributed by atoms with Crippen molar-refractivity contribution in [1.82, 2.24) is 9.97 Å². The van der Waals surface area contributed by atoms with Crippen LogP contribution >= 0.6 is 27.7 Å². The zero-order chi connectivity index (χ0) is 21.3. The van der Waals surface area contributed by atoms with Gasteiger partial charge < -0.3 is 5.32 Å². The fourth-order valence-electron chi connectivity index (χ4n) is 3.31. The number of carbonyl (C=O) groups excluding carboxylic acids is 1. The summed E-state index contributed by atoms with van der Waals surface area (Å²) < 4.78 is 41.9. The second-order valence-corrected chi connectivity index (χ2v) is 8.54. The van der Waals surface area contributed by atoms with Gasteiger partial charge in [0.1, 0.15) is 0 Å². The zero-order valence-corrected chi connectivity index (χ0v) is 17.9. The Morgan fingerprint density at radius 2 is 1.80 bits per heavy atom. The Balaban J connectivity index is 1.60. The van der Waals surface area contributed by atoms with Crippen molar-refractivity contribution in [2.75, 3.05) is 11.1 Å². The van der Waals surface area contributed by atoms with Gasteiger partial charge in [0.05, 0.1) is 11.4 Å². The second kappa shape index (κ2) is 8.39. The maximum absolute atomic E-state index is 13.7. The standard InChI is InChI=1S/C21H15BrF3N3OS/c22-13-6-8-14(9-7-13)26-17(29)11-30-20-27-18-15-4-2-1-3-12(15)5-10-16(18)19(28-20)21(23,24)25/h1-4,6-9H,5,10-11H2,(H,26,29). The molecule has 2 aromatic carbocycles. The van der Waals surface area contributed by atoms with E-state index in [0.29, 0.717) is 23.4 Å². The van der Waals surface area contributed by atoms with Crippen molar-refractivity contribution in [1.29, 1.82) is 0 Å². The number of alkyl halides is 3. The number of thioether (sulfide) groups is 1. The van der Waals surface area contributed by atoms with Crippen molar-refractivity contribution in [2.45, 2.75) is 24.2 Å². The van der Waals surface area contributed by atoms with Gasteiger partial charge in [0.25, 0.3) is 0 Å². The number of aryl methyl sites for hydroxylation is 1. The summed E-state index contributed by atoms with van der Waals surface area (Å²) in [6, 6.07) is 14.3. The molecule has 0 spiro atoms. The first-order chi connectivity index (χ1) is 14.3. The Bertz CT molecular complexity index is 1100. The van der Waals surface area contributed by atoms with Crippen LogP contribution in [0.4, 0.5) is 18.9 Å². The molecular formula is C21H15BrF3N3OS. The van der Waals surface area contributed by atoms with E-state index in [4.69, 9.17) is 0 Å². The molecule has 3 aromatic rings. The lowest BCUT2D eigenvalue weighted by atomic mass is 9.88. The molecule has 30 heavy (non-hydrogen) atoms. The van der Waals surface area contributed by atoms with E-state index in [0.717, 1.165) is 21.8 Å². The summed E-state index contributed by atoms with van der Waals surface area (Å²) in [6.45, 7) is 0. The third-order valence-electron chi connectivity index (χ3n) is 4.63. The lowest BCUT2D eigenvalue weighted by molar-refractivity contribution is -0.142. The minimum Gasteiger partial charge on any atom is -0.325 e. The van der Waals surface area contributed by atoms with E-state index in [-0.39, 0.29) is 28.8 Å². The first kappa shape index (κ1) is 20.9. The summed E-state index contributed by atoms with van der Waals surface area (Å²) in [5.41, 5.74) is 1.74. The van der Waals surface area contributed by atoms with Gasteiger partial charge in [-0.15, -0.1) is 0 Å². The van der Waals surface area contributed by atoms with Crippen LogP contribution in [0.2, 0.25) is 0 Å². The van der Waals surface area contributed by atoms with Gasteiger partial charge in [0, 0.05) is 21.3 Å². The van der Waals surface area contributed by atoms with Crippen molar-refractivity contribution in [3.63, 3.8) is 0 Å². The molecule has 1 heterocycles. The van der Waals surface area contributed by atoms with Gasteiger partial charge in [-0.3, -0.25) is 4.79 Å². The molecular weight excluding hydrogens is 479 g/mol. The number of fused-ring (bicyclic) bond motifs is 3. The van der Waals surface area contributed by atoms with Crippen molar-refractivity contribution < 1.29 is 18.0 Å². The molecule has 0 fully saturated rings. The summed E-state index contributed by atoms with van der Waals surface area (Å²) >= 11 is 4.20. The second-order valence-electron chi connectivity index (χ2n) is 6.68. The molecule has 1 amide bonds. The predicted molar refractivity (Wildman–Crippen MR) is 113 cm³/mol. The maximum atomic E-state index is 13.7. The Kier molecular flexibility index (Phi) is 5.84. The molecule has 0 aliphatic heterocycles. The van der Waals surface area contributed by atoms with Crippen LogP contribution in [0.3, 0.4) is 0 Å². The first-order valence-corrected chi connectivity index (χ1v) is 10.8. The Labute approximate surface area is 183 Å². The van der Waals surface area contributed by atoms with Gasteiger partial charge in [0.15, 0.2) is 10.9 Å². The van der Waals surface area contributed by atoms with Crippen LogP contribution in [0.1, 0.15) is 16.8 Å². The van der Waals surface area contributed by atoms with Gasteiger partial charge in [-0.05, 0) is 42.7 Å². The molecule has 0 saturated carbocycles. The third kappa shape index (κ3) is 4.52. The average Bonchev–Trinajstić information content (AvgIpc) is 2.72. The van der Waals surface area contributed by atoms with Crippen molar-refractivity contribution in [2.24, 2.45) is 0 Å². The van der Waals surface area contributed by atoms with Gasteiger partial charge in [-0.25, -0.2) is 9.97 Å². The molecule has 0 saturated heterocycles. The Hall–Kier alpha value is -2.39. The minimum absolute atomic E-state index is 0.0660. The van der Waals surface area contributed by atoms with Crippen LogP contribution in [0.25, 0.3) is 11.3 Å². The normalized spacial score (nSPS) is 12.8. The summed E-state index contributed by atoms with van der Waals surface area (Å²) in [4.78, 5) is 20.4. The number of benzene rings is 2. The van der Waals surface area contributed by atoms with Gasteiger partial charge >= 0.3 is 6.18 Å². The highest BCUT2D eigenvalue weighted by Crippen LogP contribution is 2.40. The van der Waals surface area contributed by atoms with E-state index in [2.05, 4.69) is 31.2 Å². The number of hydrogen-bond donors (Lipinski definition) is 1. The molecule has 1 N–H and O–H groups in total. The fourth-order valence-corrected chi connectivity index (χ4v) is 4.22. The van der Waals surface area contributed by atoms with E-state index < -0.39 is 11.9 Å². The van der Waals surface area contributed by atoms with E-state index in [1.165, 1.54) is 0 Å². The average molecular weight is 494 g/mol. The third-order valence-corrected chi connectivity index (χ3v) is 6.01. The smallest absolute Gasteiger partial charge is 0.325 e. The molecule has 1 aliphatic carbocycles. The molecule has 4 rings (SSSR count). The van der Waals surface area contributed by atoms with E-state index >= 15 is 0 Å². The number of halogens is 4. The molecule has 0 atom stereocenters. The van der Waals surface area contributed by atoms with Crippen molar-refractivity contribution in [3.8, 4) is 11.3 Å². The monoisotopic (exact) mass is 493 g/mol. The van der Waals surface area contributed by atoms with Crippen LogP contribution in [0, 0.1) is 0 Å². The number of nitrogens with one attached hydrogen (secondary N) is 1. The van der Waals surface area contributed by atoms with E-state index in [1.54, 1.807) is 36.4 Å². The van der Waals surface area contributed by atoms with Gasteiger partial charge in [0.2, 0.25) is 5.91 Å². The quantitative estimate of drug-likeness (QED) is 0.371. The number of aromatic nitrogens is 2. The molecule has 0 unspecified atom stereocenters. The first-order valence-electron chi connectivity index (χ1n) is 9.06. The van der Waals surface area contributed by atoms with Crippen LogP contribution in [-0.4, -0.2) is 21.6 Å². The summed E-state index contributed by atoms with van der Waals surface area (Å²) in [5.74, 6) is -0.453. The number of nitrogens with zero attached hydrogens (tertiary/aromatic N) is 2. The van der Waals surface area contributed by atoms with Crippen molar-refractivity contribution >= 4 is 39.3 Å². The largest absolute Gasteiger partial charge is 0.433 e. The minimum atomic E-state index is -4.59. The molecule has 4 nitrogen and oxygen atoms in total. The lowest BCUT2D eigenvalue weighted by Crippen LogP contribution is -2.19. The lowest BCUT2D eigenvalue weighted by Gasteiger charge is -2.22. The Morgan fingerprint density at radius 1 is 1.07 bits per heavy atom. The molecule has 0 bridgehead atoms. The number of rotatable bonds is 4. The zero-order valence-electron chi connectivity index (χ0n) is 15.5. The highest BCUT2D eigenvalue weighted by molar-refractivity contribution is 9.10. The van der Waals surface area contributed by atoms with E-state index in [1.807, 2.05) is 12.1 Å². The van der Waals surface area contributed by atoms with Gasteiger partial charge in [-0.1, -0.05) is 52.0 Å². The summed E-state index contributed by atoms with van der Waals surface area (Å²) in [5, 5.41) is 2.64. The molecule has 1 aromatic heterocycles. The number of carbonyl (C=O) groups is 1. The maximum Gasteiger partial charge on any atom is 0.433 e. The molecule has 0 radical (unpaired) electrons. The Morgan fingerprint density at radius 3 is 2.53 bits per heavy atom. The molecule has 1 aliphatic rings.